The molecule has 0 amide bonds. The van der Waals surface area contributed by atoms with E-state index in [1.165, 1.54) is 12.1 Å². The summed E-state index contributed by atoms with van der Waals surface area (Å²) >= 11 is 0. The lowest BCUT2D eigenvalue weighted by Gasteiger charge is -2.10. The van der Waals surface area contributed by atoms with Gasteiger partial charge in [-0.1, -0.05) is 6.07 Å². The van der Waals surface area contributed by atoms with E-state index in [2.05, 4.69) is 0 Å². The Balaban J connectivity index is 2.06. The van der Waals surface area contributed by atoms with Crippen LogP contribution in [0, 0.1) is 17.1 Å². The van der Waals surface area contributed by atoms with Crippen molar-refractivity contribution in [2.75, 3.05) is 20.8 Å². The van der Waals surface area contributed by atoms with Crippen LogP contribution in [0.1, 0.15) is 11.1 Å². The Morgan fingerprint density at radius 1 is 1.09 bits per heavy atom. The van der Waals surface area contributed by atoms with Gasteiger partial charge in [0.1, 0.15) is 34.7 Å². The zero-order valence-corrected chi connectivity index (χ0v) is 12.4. The summed E-state index contributed by atoms with van der Waals surface area (Å²) in [5.74, 6) is 1.05. The van der Waals surface area contributed by atoms with Gasteiger partial charge in [0.2, 0.25) is 0 Å². The van der Waals surface area contributed by atoms with Gasteiger partial charge >= 0.3 is 0 Å². The molecule has 4 nitrogen and oxygen atoms in total. The van der Waals surface area contributed by atoms with Crippen molar-refractivity contribution in [2.45, 2.75) is 6.42 Å². The molecular formula is C17H16FNO3. The minimum Gasteiger partial charge on any atom is -0.497 e. The van der Waals surface area contributed by atoms with Gasteiger partial charge in [0, 0.05) is 12.5 Å². The first-order valence-corrected chi connectivity index (χ1v) is 6.71. The first kappa shape index (κ1) is 15.6. The van der Waals surface area contributed by atoms with Crippen LogP contribution in [0.2, 0.25) is 0 Å². The molecule has 0 heterocycles. The quantitative estimate of drug-likeness (QED) is 0.821. The van der Waals surface area contributed by atoms with Crippen molar-refractivity contribution in [3.8, 4) is 23.3 Å². The maximum atomic E-state index is 13.5. The second kappa shape index (κ2) is 7.32. The molecule has 0 spiro atoms. The topological polar surface area (TPSA) is 51.5 Å². The van der Waals surface area contributed by atoms with E-state index in [4.69, 9.17) is 19.5 Å². The van der Waals surface area contributed by atoms with Crippen molar-refractivity contribution in [1.82, 2.24) is 0 Å². The minimum atomic E-state index is -0.581. The normalized spacial score (nSPS) is 9.91. The first-order valence-electron chi connectivity index (χ1n) is 6.71. The summed E-state index contributed by atoms with van der Waals surface area (Å²) in [6, 6.07) is 11.7. The van der Waals surface area contributed by atoms with Gasteiger partial charge in [-0.3, -0.25) is 0 Å². The summed E-state index contributed by atoms with van der Waals surface area (Å²) in [4.78, 5) is 0. The molecule has 2 rings (SSSR count). The van der Waals surface area contributed by atoms with Crippen LogP contribution in [0.25, 0.3) is 0 Å². The molecule has 0 aliphatic rings. The highest BCUT2D eigenvalue weighted by Crippen LogP contribution is 2.24. The van der Waals surface area contributed by atoms with Crippen LogP contribution < -0.4 is 14.2 Å². The summed E-state index contributed by atoms with van der Waals surface area (Å²) in [6.45, 7) is 0.314. The third-order valence-electron chi connectivity index (χ3n) is 3.15. The van der Waals surface area contributed by atoms with E-state index < -0.39 is 5.82 Å². The summed E-state index contributed by atoms with van der Waals surface area (Å²) in [6.07, 6.45) is 0.578. The predicted octanol–water partition coefficient (Wildman–Crippen LogP) is 3.34. The largest absolute Gasteiger partial charge is 0.497 e. The molecule has 0 radical (unpaired) electrons. The number of benzene rings is 2. The van der Waals surface area contributed by atoms with Gasteiger partial charge in [-0.15, -0.1) is 0 Å². The number of nitrogens with zero attached hydrogens (tertiary/aromatic N) is 1. The summed E-state index contributed by atoms with van der Waals surface area (Å²) in [5.41, 5.74) is 0.886. The van der Waals surface area contributed by atoms with E-state index in [1.54, 1.807) is 26.4 Å². The number of rotatable bonds is 6. The Hall–Kier alpha value is -2.74. The molecule has 0 saturated carbocycles. The van der Waals surface area contributed by atoms with Gasteiger partial charge < -0.3 is 14.2 Å². The number of methoxy groups -OCH3 is 2. The lowest BCUT2D eigenvalue weighted by molar-refractivity contribution is 0.318. The third-order valence-corrected chi connectivity index (χ3v) is 3.15. The molecule has 114 valence electrons. The number of ether oxygens (including phenoxy) is 3. The number of halogens is 1. The maximum absolute atomic E-state index is 13.5. The molecule has 0 unspecified atom stereocenters. The second-order valence-corrected chi connectivity index (χ2v) is 4.54. The molecule has 0 aliphatic carbocycles. The highest BCUT2D eigenvalue weighted by Gasteiger charge is 2.09. The van der Waals surface area contributed by atoms with Crippen LogP contribution in [0.5, 0.6) is 17.2 Å². The Labute approximate surface area is 128 Å². The van der Waals surface area contributed by atoms with Crippen molar-refractivity contribution < 1.29 is 18.6 Å². The van der Waals surface area contributed by atoms with Crippen molar-refractivity contribution in [3.63, 3.8) is 0 Å². The van der Waals surface area contributed by atoms with Crippen molar-refractivity contribution in [2.24, 2.45) is 0 Å². The molecule has 0 atom stereocenters. The van der Waals surface area contributed by atoms with Crippen LogP contribution in [-0.2, 0) is 6.42 Å². The van der Waals surface area contributed by atoms with Gasteiger partial charge in [0.25, 0.3) is 0 Å². The summed E-state index contributed by atoms with van der Waals surface area (Å²) in [7, 11) is 3.17. The summed E-state index contributed by atoms with van der Waals surface area (Å²) in [5, 5.41) is 8.95. The molecule has 0 aliphatic heterocycles. The predicted molar refractivity (Wildman–Crippen MR) is 79.9 cm³/mol. The lowest BCUT2D eigenvalue weighted by atomic mass is 10.1. The standard InChI is InChI=1S/C17H16FNO3/c1-20-13-8-12(9-14(10-13)21-2)6-7-22-17-5-3-4-16(18)15(17)11-19/h3-5,8-10H,6-7H2,1-2H3. The fourth-order valence-electron chi connectivity index (χ4n) is 2.02. The smallest absolute Gasteiger partial charge is 0.144 e. The molecule has 2 aromatic carbocycles. The van der Waals surface area contributed by atoms with E-state index in [0.717, 1.165) is 5.56 Å². The van der Waals surface area contributed by atoms with Gasteiger partial charge in [0.15, 0.2) is 0 Å². The molecule has 2 aromatic rings. The van der Waals surface area contributed by atoms with Crippen LogP contribution >= 0.6 is 0 Å². The van der Waals surface area contributed by atoms with Crippen molar-refractivity contribution >= 4 is 0 Å². The molecule has 0 aromatic heterocycles. The molecular weight excluding hydrogens is 285 g/mol. The highest BCUT2D eigenvalue weighted by molar-refractivity contribution is 5.44. The number of nitriles is 1. The average Bonchev–Trinajstić information content (AvgIpc) is 2.54. The SMILES string of the molecule is COc1cc(CCOc2cccc(F)c2C#N)cc(OC)c1. The fourth-order valence-corrected chi connectivity index (χ4v) is 2.02. The molecule has 0 saturated heterocycles. The van der Waals surface area contributed by atoms with Gasteiger partial charge in [0.05, 0.1) is 20.8 Å². The van der Waals surface area contributed by atoms with Crippen molar-refractivity contribution in [1.29, 1.82) is 5.26 Å². The van der Waals surface area contributed by atoms with Crippen LogP contribution in [0.4, 0.5) is 4.39 Å². The van der Waals surface area contributed by atoms with Crippen molar-refractivity contribution in [3.05, 3.63) is 53.3 Å². The summed E-state index contributed by atoms with van der Waals surface area (Å²) < 4.78 is 29.4. The van der Waals surface area contributed by atoms with E-state index in [-0.39, 0.29) is 11.3 Å². The van der Waals surface area contributed by atoms with Gasteiger partial charge in [-0.2, -0.15) is 5.26 Å². The van der Waals surface area contributed by atoms with Gasteiger partial charge in [-0.25, -0.2) is 4.39 Å². The Kier molecular flexibility index (Phi) is 5.21. The van der Waals surface area contributed by atoms with E-state index in [9.17, 15) is 4.39 Å². The first-order chi connectivity index (χ1) is 10.7. The monoisotopic (exact) mass is 301 g/mol. The van der Waals surface area contributed by atoms with E-state index >= 15 is 0 Å². The Morgan fingerprint density at radius 2 is 1.77 bits per heavy atom. The van der Waals surface area contributed by atoms with E-state index in [1.807, 2.05) is 18.2 Å². The lowest BCUT2D eigenvalue weighted by Crippen LogP contribution is -2.04. The zero-order valence-electron chi connectivity index (χ0n) is 12.4. The second-order valence-electron chi connectivity index (χ2n) is 4.54. The number of hydrogen-bond donors (Lipinski definition) is 0. The van der Waals surface area contributed by atoms with Crippen LogP contribution in [-0.4, -0.2) is 20.8 Å². The molecule has 22 heavy (non-hydrogen) atoms. The Bertz CT molecular complexity index is 673. The van der Waals surface area contributed by atoms with Crippen LogP contribution in [0.15, 0.2) is 36.4 Å². The fraction of sp³-hybridized carbons (Fsp3) is 0.235. The molecule has 0 N–H and O–H groups in total. The maximum Gasteiger partial charge on any atom is 0.144 e. The highest BCUT2D eigenvalue weighted by atomic mass is 19.1. The average molecular weight is 301 g/mol. The molecule has 5 heteroatoms. The number of hydrogen-bond acceptors (Lipinski definition) is 4. The van der Waals surface area contributed by atoms with Crippen LogP contribution in [0.3, 0.4) is 0 Å². The Morgan fingerprint density at radius 3 is 2.36 bits per heavy atom. The molecule has 0 fully saturated rings. The zero-order chi connectivity index (χ0) is 15.9. The molecule has 0 bridgehead atoms. The van der Waals surface area contributed by atoms with E-state index in [0.29, 0.717) is 24.5 Å². The minimum absolute atomic E-state index is 0.0780. The third kappa shape index (κ3) is 3.67. The van der Waals surface area contributed by atoms with Gasteiger partial charge in [-0.05, 0) is 29.8 Å².